The first kappa shape index (κ1) is 84.2. The van der Waals surface area contributed by atoms with Gasteiger partial charge in [-0.3, -0.25) is 24.2 Å². The molecule has 2 saturated carbocycles. The molecule has 4 N–H and O–H groups in total. The number of nitrogens with zero attached hydrogens (tertiary/aromatic N) is 5. The molecule has 15 nitrogen and oxygen atoms in total. The fraction of sp³-hybridized carbons (Fsp3) is 0.237. The second-order valence-corrected chi connectivity index (χ2v) is 28.7. The summed E-state index contributed by atoms with van der Waals surface area (Å²) in [5.74, 6) is 1.86. The van der Waals surface area contributed by atoms with E-state index in [0.29, 0.717) is 39.7 Å². The van der Waals surface area contributed by atoms with Crippen molar-refractivity contribution in [1.29, 1.82) is 0 Å². The summed E-state index contributed by atoms with van der Waals surface area (Å²) in [7, 11) is -3.26. The lowest BCUT2D eigenvalue weighted by atomic mass is 9.70. The lowest BCUT2D eigenvalue weighted by Crippen LogP contribution is -2.32. The number of sulfone groups is 1. The van der Waals surface area contributed by atoms with E-state index >= 15 is 0 Å². The molecule has 3 heterocycles. The van der Waals surface area contributed by atoms with Gasteiger partial charge in [-0.1, -0.05) is 250 Å². The molecular formula is C93H99N7O8S. The number of imidazole rings is 2. The Hall–Kier alpha value is -12.1. The molecule has 2 aliphatic carbocycles. The molecule has 0 radical (unpaired) electrons. The van der Waals surface area contributed by atoms with E-state index in [2.05, 4.69) is 99.7 Å². The van der Waals surface area contributed by atoms with Gasteiger partial charge in [-0.25, -0.2) is 29.9 Å². The number of aromatic hydroxyl groups is 2. The minimum atomic E-state index is -3.26. The average Bonchev–Trinajstić information content (AvgIpc) is 1.54. The van der Waals surface area contributed by atoms with Crippen LogP contribution in [0.15, 0.2) is 265 Å². The SMILES string of the molecule is C.CC.CC.CC(=O)c1ccccc1O.CCc1cnc2ccccc2n1.CS(=O)(=O)c1ccc2nc(-c3ccc(-c4nc5ccccc5[nH]4)cc3)[nH]c2c1.Cc1ccc(/C=C2\C(=O)C3(C)CCC2C3(C)C)cc1.Cc1ccc(C(=O)c2ccccc2)c(O)c1.[C-]#[N+]C(C(C)=O)C(c1ccccc1)c1ccccc1. The maximum absolute atomic E-state index is 12.7. The number of hydrogen-bond donors (Lipinski definition) is 4. The molecule has 560 valence electrons. The van der Waals surface area contributed by atoms with Crippen molar-refractivity contribution in [2.45, 2.75) is 127 Å². The summed E-state index contributed by atoms with van der Waals surface area (Å²) in [5, 5.41) is 18.8. The summed E-state index contributed by atoms with van der Waals surface area (Å²) in [5.41, 5.74) is 15.9. The van der Waals surface area contributed by atoms with Gasteiger partial charge in [-0.15, -0.1) is 0 Å². The summed E-state index contributed by atoms with van der Waals surface area (Å²) in [6.07, 6.45) is 8.31. The van der Waals surface area contributed by atoms with Crippen LogP contribution in [-0.4, -0.2) is 84.0 Å². The van der Waals surface area contributed by atoms with Crippen LogP contribution in [0, 0.1) is 37.2 Å². The van der Waals surface area contributed by atoms with Crippen LogP contribution < -0.4 is 0 Å². The van der Waals surface area contributed by atoms with Crippen LogP contribution >= 0.6 is 0 Å². The highest BCUT2D eigenvalue weighted by molar-refractivity contribution is 7.90. The van der Waals surface area contributed by atoms with Crippen LogP contribution in [0.1, 0.15) is 155 Å². The highest BCUT2D eigenvalue weighted by Crippen LogP contribution is 2.65. The molecular weight excluding hydrogens is 1380 g/mol. The molecule has 13 aromatic rings. The van der Waals surface area contributed by atoms with Gasteiger partial charge in [0.2, 0.25) is 5.78 Å². The maximum atomic E-state index is 12.7. The van der Waals surface area contributed by atoms with Crippen molar-refractivity contribution in [2.75, 3.05) is 6.26 Å². The number of H-pyrrole nitrogens is 2. The van der Waals surface area contributed by atoms with Crippen molar-refractivity contribution in [3.63, 3.8) is 0 Å². The molecule has 16 heteroatoms. The number of Topliss-reactive ketones (excluding diaryl/α,β-unsaturated/α-hetero) is 3. The van der Waals surface area contributed by atoms with Crippen molar-refractivity contribution in [3.05, 3.63) is 322 Å². The summed E-state index contributed by atoms with van der Waals surface area (Å²) in [4.78, 5) is 75.4. The Morgan fingerprint density at radius 1 is 0.587 bits per heavy atom. The summed E-state index contributed by atoms with van der Waals surface area (Å²) in [6.45, 7) is 31.0. The van der Waals surface area contributed by atoms with Gasteiger partial charge >= 0.3 is 0 Å². The van der Waals surface area contributed by atoms with E-state index in [1.165, 1.54) is 31.7 Å². The molecule has 0 spiro atoms. The third kappa shape index (κ3) is 21.0. The number of carbonyl (C=O) groups is 4. The molecule has 0 amide bonds. The number of phenolic OH excluding ortho intramolecular Hbond substituents is 2. The zero-order valence-corrected chi connectivity index (χ0v) is 64.5. The summed E-state index contributed by atoms with van der Waals surface area (Å²) in [6, 6.07) is 76.4. The number of phenols is 2. The summed E-state index contributed by atoms with van der Waals surface area (Å²) < 4.78 is 23.5. The van der Waals surface area contributed by atoms with Gasteiger partial charge < -0.3 is 25.0 Å². The number of fused-ring (bicyclic) bond motifs is 5. The van der Waals surface area contributed by atoms with Crippen LogP contribution in [0.25, 0.3) is 66.8 Å². The zero-order chi connectivity index (χ0) is 78.3. The molecule has 2 bridgehead atoms. The molecule has 0 saturated heterocycles. The van der Waals surface area contributed by atoms with E-state index < -0.39 is 15.9 Å². The van der Waals surface area contributed by atoms with Crippen molar-refractivity contribution >= 4 is 72.1 Å². The Morgan fingerprint density at radius 3 is 1.59 bits per heavy atom. The maximum Gasteiger partial charge on any atom is 0.291 e. The predicted molar refractivity (Wildman–Crippen MR) is 443 cm³/mol. The predicted octanol–water partition coefficient (Wildman–Crippen LogP) is 21.7. The van der Waals surface area contributed by atoms with E-state index in [-0.39, 0.29) is 57.9 Å². The Morgan fingerprint density at radius 2 is 1.09 bits per heavy atom. The van der Waals surface area contributed by atoms with Gasteiger partial charge in [0.15, 0.2) is 27.2 Å². The van der Waals surface area contributed by atoms with Crippen LogP contribution in [0.2, 0.25) is 0 Å². The molecule has 10 aromatic carbocycles. The van der Waals surface area contributed by atoms with Gasteiger partial charge in [-0.2, -0.15) is 0 Å². The van der Waals surface area contributed by atoms with E-state index in [1.54, 1.807) is 72.8 Å². The summed E-state index contributed by atoms with van der Waals surface area (Å²) >= 11 is 0. The van der Waals surface area contributed by atoms with Gasteiger partial charge in [0.05, 0.1) is 60.7 Å². The van der Waals surface area contributed by atoms with Crippen molar-refractivity contribution in [3.8, 4) is 34.3 Å². The highest BCUT2D eigenvalue weighted by atomic mass is 32.2. The third-order valence-electron chi connectivity index (χ3n) is 19.2. The number of rotatable bonds is 12. The molecule has 2 fully saturated rings. The average molecular weight is 1470 g/mol. The number of nitrogens with one attached hydrogen (secondary N) is 2. The first-order valence-corrected chi connectivity index (χ1v) is 38.2. The minimum absolute atomic E-state index is 0. The number of para-hydroxylation sites is 5. The number of hydrogen-bond acceptors (Lipinski definition) is 12. The molecule has 0 aliphatic heterocycles. The quantitative estimate of drug-likeness (QED) is 0.0508. The van der Waals surface area contributed by atoms with Crippen LogP contribution in [0.3, 0.4) is 0 Å². The van der Waals surface area contributed by atoms with Gasteiger partial charge in [0, 0.05) is 41.5 Å². The van der Waals surface area contributed by atoms with Gasteiger partial charge in [0.25, 0.3) is 6.04 Å². The molecule has 109 heavy (non-hydrogen) atoms. The second kappa shape index (κ2) is 39.0. The molecule has 15 rings (SSSR count). The van der Waals surface area contributed by atoms with Crippen LogP contribution in [0.4, 0.5) is 0 Å². The van der Waals surface area contributed by atoms with Crippen LogP contribution in [0.5, 0.6) is 11.5 Å². The number of aryl methyl sites for hydroxylation is 3. The molecule has 3 aromatic heterocycles. The monoisotopic (exact) mass is 1470 g/mol. The van der Waals surface area contributed by atoms with Crippen molar-refractivity contribution in [2.24, 2.45) is 16.7 Å². The first-order valence-electron chi connectivity index (χ1n) is 36.3. The minimum Gasteiger partial charge on any atom is -0.507 e. The zero-order valence-electron chi connectivity index (χ0n) is 63.7. The fourth-order valence-electron chi connectivity index (χ4n) is 13.0. The largest absolute Gasteiger partial charge is 0.507 e. The molecule has 3 atom stereocenters. The third-order valence-corrected chi connectivity index (χ3v) is 20.3. The topological polar surface area (TPSA) is 230 Å². The number of aromatic amines is 2. The van der Waals surface area contributed by atoms with Crippen LogP contribution in [-0.2, 0) is 25.8 Å². The van der Waals surface area contributed by atoms with Crippen molar-refractivity contribution in [1.82, 2.24) is 29.9 Å². The van der Waals surface area contributed by atoms with E-state index in [9.17, 15) is 32.7 Å². The Balaban J connectivity index is 0.000000185. The van der Waals surface area contributed by atoms with E-state index in [0.717, 1.165) is 97.3 Å². The molecule has 3 unspecified atom stereocenters. The molecule has 2 aliphatic rings. The smallest absolute Gasteiger partial charge is 0.291 e. The lowest BCUT2D eigenvalue weighted by Gasteiger charge is -2.31. The van der Waals surface area contributed by atoms with E-state index in [1.807, 2.05) is 186 Å². The Labute approximate surface area is 642 Å². The normalized spacial score (nSPS) is 14.7. The lowest BCUT2D eigenvalue weighted by molar-refractivity contribution is -0.125. The standard InChI is InChI=1S/C21H16N4O2S.C18H22O.C17H15NO.C14H12O2.C10H10N2.C8H8O2.2C2H6.CH4/c1-28(26,27)15-10-11-18-19(12-15)25-21(24-18)14-8-6-13(7-9-14)20-22-16-4-2-3-5-17(16)23-20;1-12-5-7-13(8-6-12)11-14-15-9-10-18(4,16(14)19)17(15,2)3;1-13(19)17(18-2)16(14-9-5-3-6-10-14)15-11-7-4-8-12-15;1-10-7-8-12(13(15)9-10)14(16)11-5-3-2-4-6-11;1-2-8-7-11-9-5-3-4-6-10(9)12-8;1-6(9)7-4-2-3-5-8(7)10;2*1-2;/h2-12H,1H3,(H,22,23)(H,24,25);5-8,11,15H,9-10H2,1-4H3;3-12,16-17H,1H3;2-9,15H,1H3;3-7H,2H2,1H3;2-5,10H,1H3;2*1-2H3;1H4/b;14-11-;;;;;;;. The number of allylic oxidation sites excluding steroid dienone is 1. The van der Waals surface area contributed by atoms with E-state index in [4.69, 9.17) is 11.7 Å². The first-order chi connectivity index (χ1) is 51.9. The number of ketones is 4. The Kier molecular flexibility index (Phi) is 30.1. The highest BCUT2D eigenvalue weighted by Gasteiger charge is 2.63. The van der Waals surface area contributed by atoms with Gasteiger partial charge in [0.1, 0.15) is 23.1 Å². The number of carbonyl (C=O) groups excluding carboxylic acids is 4. The second-order valence-electron chi connectivity index (χ2n) is 26.7. The van der Waals surface area contributed by atoms with Crippen molar-refractivity contribution < 1.29 is 37.8 Å². The number of aromatic nitrogens is 6. The Bertz CT molecular complexity index is 5330. The van der Waals surface area contributed by atoms with Gasteiger partial charge in [-0.05, 0) is 152 Å². The fourth-order valence-corrected chi connectivity index (χ4v) is 13.6. The number of benzene rings is 10.